The molecule has 0 heterocycles. The van der Waals surface area contributed by atoms with Crippen LogP contribution in [0, 0.1) is 0 Å². The molecule has 2 nitrogen and oxygen atoms in total. The Balaban J connectivity index is 2.99. The lowest BCUT2D eigenvalue weighted by Gasteiger charge is -2.26. The van der Waals surface area contributed by atoms with Gasteiger partial charge in [-0.05, 0) is 36.1 Å². The van der Waals surface area contributed by atoms with Gasteiger partial charge in [0.15, 0.2) is 0 Å². The van der Waals surface area contributed by atoms with Crippen molar-refractivity contribution in [3.05, 3.63) is 29.8 Å². The van der Waals surface area contributed by atoms with Crippen molar-refractivity contribution in [3.8, 4) is 0 Å². The molecule has 0 aromatic heterocycles. The first-order chi connectivity index (χ1) is 6.97. The second-order valence-corrected chi connectivity index (χ2v) is 4.87. The smallest absolute Gasteiger partial charge is 0.0363 e. The molecule has 84 valence electrons. The minimum absolute atomic E-state index is 0.167. The van der Waals surface area contributed by atoms with Crippen LogP contribution in [0.1, 0.15) is 25.8 Å². The molecule has 0 aliphatic rings. The summed E-state index contributed by atoms with van der Waals surface area (Å²) in [6, 6.07) is 8.67. The Labute approximate surface area is 93.1 Å². The molecule has 2 N–H and O–H groups in total. The van der Waals surface area contributed by atoms with Gasteiger partial charge in [-0.3, -0.25) is 0 Å². The Bertz CT molecular complexity index is 316. The van der Waals surface area contributed by atoms with Crippen molar-refractivity contribution in [1.82, 2.24) is 0 Å². The third kappa shape index (κ3) is 2.96. The van der Waals surface area contributed by atoms with Crippen molar-refractivity contribution >= 4 is 5.69 Å². The first-order valence-corrected chi connectivity index (χ1v) is 5.45. The Morgan fingerprint density at radius 3 is 2.47 bits per heavy atom. The van der Waals surface area contributed by atoms with Gasteiger partial charge in [-0.1, -0.05) is 26.0 Å². The fraction of sp³-hybridized carbons (Fsp3) is 0.538. The molecule has 0 amide bonds. The molecule has 1 aromatic rings. The van der Waals surface area contributed by atoms with Crippen molar-refractivity contribution in [2.24, 2.45) is 5.73 Å². The van der Waals surface area contributed by atoms with Crippen LogP contribution >= 0.6 is 0 Å². The highest BCUT2D eigenvalue weighted by Gasteiger charge is 2.19. The molecule has 1 aromatic carbocycles. The molecule has 0 fully saturated rings. The van der Waals surface area contributed by atoms with Gasteiger partial charge in [0.1, 0.15) is 0 Å². The number of nitrogens with zero attached hydrogens (tertiary/aromatic N) is 1. The molecule has 0 atom stereocenters. The van der Waals surface area contributed by atoms with Gasteiger partial charge in [-0.2, -0.15) is 0 Å². The van der Waals surface area contributed by atoms with Gasteiger partial charge in [-0.25, -0.2) is 0 Å². The van der Waals surface area contributed by atoms with Gasteiger partial charge in [0, 0.05) is 19.8 Å². The lowest BCUT2D eigenvalue weighted by molar-refractivity contribution is 0.488. The number of hydrogen-bond donors (Lipinski definition) is 1. The van der Waals surface area contributed by atoms with Crippen LogP contribution in [0.3, 0.4) is 0 Å². The molecule has 1 rings (SSSR count). The molecule has 0 aliphatic carbocycles. The van der Waals surface area contributed by atoms with Crippen LogP contribution in [0.25, 0.3) is 0 Å². The molecule has 0 bridgehead atoms. The fourth-order valence-electron chi connectivity index (χ4n) is 1.71. The van der Waals surface area contributed by atoms with Crippen molar-refractivity contribution in [2.75, 3.05) is 25.5 Å². The van der Waals surface area contributed by atoms with Crippen molar-refractivity contribution in [1.29, 1.82) is 0 Å². The quantitative estimate of drug-likeness (QED) is 0.819. The van der Waals surface area contributed by atoms with Gasteiger partial charge in [0.05, 0.1) is 0 Å². The Morgan fingerprint density at radius 2 is 1.93 bits per heavy atom. The summed E-state index contributed by atoms with van der Waals surface area (Å²) in [5.74, 6) is 0. The molecule has 0 aliphatic heterocycles. The average Bonchev–Trinajstić information content (AvgIpc) is 2.18. The summed E-state index contributed by atoms with van der Waals surface area (Å²) in [6.07, 6.45) is 1.02. The average molecular weight is 206 g/mol. The van der Waals surface area contributed by atoms with Crippen LogP contribution in [0.15, 0.2) is 24.3 Å². The van der Waals surface area contributed by atoms with Gasteiger partial charge in [0.25, 0.3) is 0 Å². The summed E-state index contributed by atoms with van der Waals surface area (Å²) >= 11 is 0. The minimum atomic E-state index is 0.167. The van der Waals surface area contributed by atoms with Crippen LogP contribution in [0.5, 0.6) is 0 Å². The second kappa shape index (κ2) is 4.67. The molecule has 2 heteroatoms. The highest BCUT2D eigenvalue weighted by atomic mass is 15.1. The number of anilines is 1. The van der Waals surface area contributed by atoms with E-state index in [0.717, 1.165) is 13.0 Å². The lowest BCUT2D eigenvalue weighted by atomic mass is 9.81. The van der Waals surface area contributed by atoms with Gasteiger partial charge in [0.2, 0.25) is 0 Å². The van der Waals surface area contributed by atoms with Gasteiger partial charge >= 0.3 is 0 Å². The first kappa shape index (κ1) is 12.1. The normalized spacial score (nSPS) is 11.5. The van der Waals surface area contributed by atoms with Crippen LogP contribution in [-0.4, -0.2) is 20.6 Å². The Hall–Kier alpha value is -1.02. The molecule has 0 spiro atoms. The Kier molecular flexibility index (Phi) is 3.75. The van der Waals surface area contributed by atoms with E-state index in [1.54, 1.807) is 0 Å². The topological polar surface area (TPSA) is 29.3 Å². The highest BCUT2D eigenvalue weighted by molar-refractivity contribution is 5.48. The standard InChI is InChI=1S/C13H22N2/c1-13(2,8-9-14)11-6-5-7-12(10-11)15(3)4/h5-7,10H,8-9,14H2,1-4H3. The summed E-state index contributed by atoms with van der Waals surface area (Å²) in [5, 5.41) is 0. The van der Waals surface area contributed by atoms with E-state index < -0.39 is 0 Å². The monoisotopic (exact) mass is 206 g/mol. The maximum Gasteiger partial charge on any atom is 0.0363 e. The summed E-state index contributed by atoms with van der Waals surface area (Å²) < 4.78 is 0. The molecule has 0 radical (unpaired) electrons. The van der Waals surface area contributed by atoms with Crippen LogP contribution in [0.4, 0.5) is 5.69 Å². The van der Waals surface area contributed by atoms with E-state index in [9.17, 15) is 0 Å². The molecular formula is C13H22N2. The van der Waals surface area contributed by atoms with Gasteiger partial charge < -0.3 is 10.6 Å². The van der Waals surface area contributed by atoms with E-state index in [0.29, 0.717) is 0 Å². The third-order valence-corrected chi connectivity index (χ3v) is 2.91. The molecule has 0 saturated carbocycles. The summed E-state index contributed by atoms with van der Waals surface area (Å²) in [5.41, 5.74) is 8.41. The van der Waals surface area contributed by atoms with E-state index in [4.69, 9.17) is 5.73 Å². The lowest BCUT2D eigenvalue weighted by Crippen LogP contribution is -2.22. The SMILES string of the molecule is CN(C)c1cccc(C(C)(C)CCN)c1. The van der Waals surface area contributed by atoms with E-state index in [2.05, 4.69) is 57.1 Å². The zero-order valence-corrected chi connectivity index (χ0v) is 10.2. The first-order valence-electron chi connectivity index (χ1n) is 5.45. The van der Waals surface area contributed by atoms with E-state index in [-0.39, 0.29) is 5.41 Å². The zero-order valence-electron chi connectivity index (χ0n) is 10.2. The Morgan fingerprint density at radius 1 is 1.27 bits per heavy atom. The molecular weight excluding hydrogens is 184 g/mol. The van der Waals surface area contributed by atoms with Crippen LogP contribution in [-0.2, 0) is 5.41 Å². The number of benzene rings is 1. The van der Waals surface area contributed by atoms with Crippen molar-refractivity contribution in [3.63, 3.8) is 0 Å². The van der Waals surface area contributed by atoms with E-state index in [1.165, 1.54) is 11.3 Å². The van der Waals surface area contributed by atoms with Crippen LogP contribution < -0.4 is 10.6 Å². The molecule has 0 saturated heterocycles. The second-order valence-electron chi connectivity index (χ2n) is 4.87. The summed E-state index contributed by atoms with van der Waals surface area (Å²) in [6.45, 7) is 5.22. The minimum Gasteiger partial charge on any atom is -0.378 e. The van der Waals surface area contributed by atoms with Crippen molar-refractivity contribution < 1.29 is 0 Å². The van der Waals surface area contributed by atoms with Gasteiger partial charge in [-0.15, -0.1) is 0 Å². The fourth-order valence-corrected chi connectivity index (χ4v) is 1.71. The summed E-state index contributed by atoms with van der Waals surface area (Å²) in [7, 11) is 4.13. The third-order valence-electron chi connectivity index (χ3n) is 2.91. The largest absolute Gasteiger partial charge is 0.378 e. The van der Waals surface area contributed by atoms with E-state index in [1.807, 2.05) is 0 Å². The van der Waals surface area contributed by atoms with E-state index >= 15 is 0 Å². The molecule has 0 unspecified atom stereocenters. The van der Waals surface area contributed by atoms with Crippen molar-refractivity contribution in [2.45, 2.75) is 25.7 Å². The molecule has 15 heavy (non-hydrogen) atoms. The predicted octanol–water partition coefficient (Wildman–Crippen LogP) is 2.38. The maximum absolute atomic E-state index is 5.64. The highest BCUT2D eigenvalue weighted by Crippen LogP contribution is 2.28. The summed E-state index contributed by atoms with van der Waals surface area (Å²) in [4.78, 5) is 2.13. The number of nitrogens with two attached hydrogens (primary N) is 1. The number of hydrogen-bond acceptors (Lipinski definition) is 2. The maximum atomic E-state index is 5.64. The van der Waals surface area contributed by atoms with Crippen LogP contribution in [0.2, 0.25) is 0 Å². The zero-order chi connectivity index (χ0) is 11.5. The number of rotatable bonds is 4. The predicted molar refractivity (Wildman–Crippen MR) is 67.5 cm³/mol.